The Morgan fingerprint density at radius 2 is 2.00 bits per heavy atom. The molecule has 0 bridgehead atoms. The fourth-order valence-electron chi connectivity index (χ4n) is 3.20. The van der Waals surface area contributed by atoms with Crippen molar-refractivity contribution in [3.63, 3.8) is 0 Å². The Hall–Kier alpha value is 0.0700. The molecule has 0 spiro atoms. The van der Waals surface area contributed by atoms with Crippen LogP contribution in [0, 0.1) is 12.3 Å². The van der Waals surface area contributed by atoms with Crippen LogP contribution in [0.25, 0.3) is 0 Å². The second-order valence-electron chi connectivity index (χ2n) is 6.08. The second kappa shape index (κ2) is 7.19. The van der Waals surface area contributed by atoms with Crippen molar-refractivity contribution in [2.75, 3.05) is 18.9 Å². The number of aryl methyl sites for hydroxylation is 1. The summed E-state index contributed by atoms with van der Waals surface area (Å²) in [6, 6.07) is 0. The molecule has 0 radical (unpaired) electrons. The largest absolute Gasteiger partial charge is 0.300 e. The van der Waals surface area contributed by atoms with Crippen molar-refractivity contribution in [1.29, 1.82) is 0 Å². The summed E-state index contributed by atoms with van der Waals surface area (Å²) in [6.07, 6.45) is 8.38. The predicted octanol–water partition coefficient (Wildman–Crippen LogP) is 4.62. The van der Waals surface area contributed by atoms with Crippen molar-refractivity contribution in [2.45, 2.75) is 52.0 Å². The zero-order chi connectivity index (χ0) is 13.7. The molecule has 1 saturated carbocycles. The van der Waals surface area contributed by atoms with E-state index in [9.17, 15) is 0 Å². The van der Waals surface area contributed by atoms with Gasteiger partial charge in [-0.3, -0.25) is 4.90 Å². The van der Waals surface area contributed by atoms with Gasteiger partial charge in [-0.2, -0.15) is 0 Å². The van der Waals surface area contributed by atoms with E-state index >= 15 is 0 Å². The molecule has 2 nitrogen and oxygen atoms in total. The first kappa shape index (κ1) is 15.5. The molecular formula is C15H25BrN2S. The Labute approximate surface area is 129 Å². The normalized spacial score (nSPS) is 19.6. The van der Waals surface area contributed by atoms with E-state index in [1.54, 1.807) is 11.3 Å². The van der Waals surface area contributed by atoms with Crippen LogP contribution in [0.2, 0.25) is 0 Å². The van der Waals surface area contributed by atoms with Crippen LogP contribution in [-0.4, -0.2) is 28.8 Å². The van der Waals surface area contributed by atoms with Gasteiger partial charge in [0, 0.05) is 23.8 Å². The van der Waals surface area contributed by atoms with Gasteiger partial charge in [-0.1, -0.05) is 41.6 Å². The quantitative estimate of drug-likeness (QED) is 0.572. The molecule has 1 aliphatic carbocycles. The fourth-order valence-corrected chi connectivity index (χ4v) is 4.54. The maximum atomic E-state index is 4.58. The lowest BCUT2D eigenvalue weighted by molar-refractivity contribution is 0.170. The Kier molecular flexibility index (Phi) is 5.85. The Balaban J connectivity index is 1.93. The SMILES string of the molecule is Cc1nc(CN(C)CC2(CBr)CCCCCC2)cs1. The number of alkyl halides is 1. The highest BCUT2D eigenvalue weighted by molar-refractivity contribution is 9.09. The van der Waals surface area contributed by atoms with Gasteiger partial charge >= 0.3 is 0 Å². The van der Waals surface area contributed by atoms with Crippen LogP contribution < -0.4 is 0 Å². The van der Waals surface area contributed by atoms with E-state index in [-0.39, 0.29) is 0 Å². The minimum absolute atomic E-state index is 0.482. The average molecular weight is 345 g/mol. The first-order chi connectivity index (χ1) is 9.13. The predicted molar refractivity (Wildman–Crippen MR) is 87.1 cm³/mol. The van der Waals surface area contributed by atoms with Crippen LogP contribution in [0.3, 0.4) is 0 Å². The van der Waals surface area contributed by atoms with Crippen LogP contribution in [0.5, 0.6) is 0 Å². The third kappa shape index (κ3) is 4.54. The molecule has 0 unspecified atom stereocenters. The van der Waals surface area contributed by atoms with E-state index in [2.05, 4.69) is 45.2 Å². The van der Waals surface area contributed by atoms with Crippen LogP contribution in [-0.2, 0) is 6.54 Å². The van der Waals surface area contributed by atoms with Crippen molar-refractivity contribution in [3.8, 4) is 0 Å². The van der Waals surface area contributed by atoms with Gasteiger partial charge < -0.3 is 0 Å². The van der Waals surface area contributed by atoms with E-state index < -0.39 is 0 Å². The summed E-state index contributed by atoms with van der Waals surface area (Å²) < 4.78 is 0. The first-order valence-corrected chi connectivity index (χ1v) is 9.29. The van der Waals surface area contributed by atoms with E-state index in [0.717, 1.165) is 11.9 Å². The third-order valence-electron chi connectivity index (χ3n) is 4.15. The molecule has 0 N–H and O–H groups in total. The number of nitrogens with zero attached hydrogens (tertiary/aromatic N) is 2. The lowest BCUT2D eigenvalue weighted by Gasteiger charge is -2.35. The van der Waals surface area contributed by atoms with Gasteiger partial charge in [0.25, 0.3) is 0 Å². The maximum Gasteiger partial charge on any atom is 0.0897 e. The molecule has 0 saturated heterocycles. The number of hydrogen-bond donors (Lipinski definition) is 0. The minimum atomic E-state index is 0.482. The minimum Gasteiger partial charge on any atom is -0.300 e. The zero-order valence-electron chi connectivity index (χ0n) is 12.1. The molecular weight excluding hydrogens is 320 g/mol. The molecule has 1 fully saturated rings. The highest BCUT2D eigenvalue weighted by Gasteiger charge is 2.31. The van der Waals surface area contributed by atoms with Gasteiger partial charge in [0.15, 0.2) is 0 Å². The Morgan fingerprint density at radius 1 is 1.32 bits per heavy atom. The van der Waals surface area contributed by atoms with Crippen molar-refractivity contribution < 1.29 is 0 Å². The molecule has 19 heavy (non-hydrogen) atoms. The number of thiazole rings is 1. The van der Waals surface area contributed by atoms with E-state index in [1.807, 2.05) is 0 Å². The number of aromatic nitrogens is 1. The molecule has 1 heterocycles. The van der Waals surface area contributed by atoms with Crippen LogP contribution >= 0.6 is 27.3 Å². The van der Waals surface area contributed by atoms with Gasteiger partial charge in [-0.25, -0.2) is 4.98 Å². The lowest BCUT2D eigenvalue weighted by Crippen LogP contribution is -2.36. The van der Waals surface area contributed by atoms with Gasteiger partial charge in [0.05, 0.1) is 10.7 Å². The van der Waals surface area contributed by atoms with Gasteiger partial charge in [-0.05, 0) is 32.2 Å². The summed E-state index contributed by atoms with van der Waals surface area (Å²) in [5.74, 6) is 0. The van der Waals surface area contributed by atoms with Crippen LogP contribution in [0.1, 0.15) is 49.2 Å². The molecule has 0 aliphatic heterocycles. The smallest absolute Gasteiger partial charge is 0.0897 e. The summed E-state index contributed by atoms with van der Waals surface area (Å²) in [4.78, 5) is 7.04. The fraction of sp³-hybridized carbons (Fsp3) is 0.800. The molecule has 0 amide bonds. The summed E-state index contributed by atoms with van der Waals surface area (Å²) in [5, 5.41) is 4.51. The monoisotopic (exact) mass is 344 g/mol. The van der Waals surface area contributed by atoms with Crippen molar-refractivity contribution in [2.24, 2.45) is 5.41 Å². The van der Waals surface area contributed by atoms with E-state index in [0.29, 0.717) is 5.41 Å². The summed E-state index contributed by atoms with van der Waals surface area (Å²) in [7, 11) is 2.24. The Morgan fingerprint density at radius 3 is 2.53 bits per heavy atom. The van der Waals surface area contributed by atoms with E-state index in [1.165, 1.54) is 55.8 Å². The average Bonchev–Trinajstić information content (AvgIpc) is 2.65. The maximum absolute atomic E-state index is 4.58. The van der Waals surface area contributed by atoms with Gasteiger partial charge in [-0.15, -0.1) is 11.3 Å². The van der Waals surface area contributed by atoms with Crippen molar-refractivity contribution >= 4 is 27.3 Å². The van der Waals surface area contributed by atoms with Crippen molar-refractivity contribution in [1.82, 2.24) is 9.88 Å². The molecule has 0 atom stereocenters. The highest BCUT2D eigenvalue weighted by Crippen LogP contribution is 2.37. The van der Waals surface area contributed by atoms with E-state index in [4.69, 9.17) is 0 Å². The molecule has 108 valence electrons. The lowest BCUT2D eigenvalue weighted by atomic mass is 9.82. The van der Waals surface area contributed by atoms with Gasteiger partial charge in [0.2, 0.25) is 0 Å². The summed E-state index contributed by atoms with van der Waals surface area (Å²) in [6.45, 7) is 4.26. The molecule has 0 aromatic carbocycles. The van der Waals surface area contributed by atoms with Crippen molar-refractivity contribution in [3.05, 3.63) is 16.1 Å². The highest BCUT2D eigenvalue weighted by atomic mass is 79.9. The number of hydrogen-bond acceptors (Lipinski definition) is 3. The standard InChI is InChI=1S/C15H25BrN2S/c1-13-17-14(10-19-13)9-18(2)12-15(11-16)7-5-3-4-6-8-15/h10H,3-9,11-12H2,1-2H3. The first-order valence-electron chi connectivity index (χ1n) is 7.29. The second-order valence-corrected chi connectivity index (χ2v) is 7.70. The molecule has 1 aromatic heterocycles. The van der Waals surface area contributed by atoms with Crippen LogP contribution in [0.15, 0.2) is 5.38 Å². The summed E-state index contributed by atoms with van der Waals surface area (Å²) >= 11 is 5.53. The summed E-state index contributed by atoms with van der Waals surface area (Å²) in [5.41, 5.74) is 1.71. The third-order valence-corrected chi connectivity index (χ3v) is 6.16. The van der Waals surface area contributed by atoms with Crippen LogP contribution in [0.4, 0.5) is 0 Å². The Bertz CT molecular complexity index is 383. The number of halogens is 1. The molecule has 1 aromatic rings. The zero-order valence-corrected chi connectivity index (χ0v) is 14.5. The molecule has 2 rings (SSSR count). The topological polar surface area (TPSA) is 16.1 Å². The number of rotatable bonds is 5. The molecule has 4 heteroatoms. The van der Waals surface area contributed by atoms with Gasteiger partial charge in [0.1, 0.15) is 0 Å². The molecule has 1 aliphatic rings.